The Morgan fingerprint density at radius 1 is 1.25 bits per heavy atom. The zero-order valence-electron chi connectivity index (χ0n) is 18.7. The lowest BCUT2D eigenvalue weighted by molar-refractivity contribution is -0.132. The van der Waals surface area contributed by atoms with Crippen LogP contribution in [-0.2, 0) is 21.6 Å². The third-order valence-electron chi connectivity index (χ3n) is 6.08. The molecular weight excluding hydrogens is 430 g/mol. The third-order valence-corrected chi connectivity index (χ3v) is 6.38. The quantitative estimate of drug-likeness (QED) is 0.569. The Hall–Kier alpha value is -2.45. The predicted octanol–water partition coefficient (Wildman–Crippen LogP) is 2.55. The number of ether oxygens (including phenoxy) is 1. The minimum atomic E-state index is -1.98. The molecule has 0 spiro atoms. The molecule has 0 bridgehead atoms. The van der Waals surface area contributed by atoms with E-state index < -0.39 is 17.4 Å². The molecule has 0 aromatic heterocycles. The fraction of sp³-hybridized carbons (Fsp3) is 0.417. The van der Waals surface area contributed by atoms with E-state index in [-0.39, 0.29) is 16.1 Å². The molecule has 32 heavy (non-hydrogen) atoms. The van der Waals surface area contributed by atoms with Crippen LogP contribution in [-0.4, -0.2) is 61.7 Å². The Balaban J connectivity index is 2.18. The molecule has 0 radical (unpaired) electrons. The number of anilines is 1. The topological polar surface area (TPSA) is 96.1 Å². The first kappa shape index (κ1) is 24.2. The lowest BCUT2D eigenvalue weighted by atomic mass is 9.83. The van der Waals surface area contributed by atoms with Crippen LogP contribution in [0.5, 0.6) is 0 Å². The molecule has 1 unspecified atom stereocenters. The molecule has 2 amide bonds. The number of carbonyl (C=O) groups is 2. The average molecular weight is 460 g/mol. The first-order chi connectivity index (χ1) is 15.3. The number of carbonyl (C=O) groups excluding carboxylic acids is 2. The maximum Gasteiger partial charge on any atom is 0.268 e. The van der Waals surface area contributed by atoms with Gasteiger partial charge in [-0.05, 0) is 37.2 Å². The number of methoxy groups -OCH3 is 1. The SMILES string of the molecule is CCN(CC)CCN1C(=O)C(O)(c2ccccc2CCOC)c2c(Cl)cc(C(N)=O)cc21. The summed E-state index contributed by atoms with van der Waals surface area (Å²) in [6.07, 6.45) is 0.522. The van der Waals surface area contributed by atoms with Gasteiger partial charge in [-0.1, -0.05) is 49.7 Å². The predicted molar refractivity (Wildman–Crippen MR) is 125 cm³/mol. The van der Waals surface area contributed by atoms with Crippen molar-refractivity contribution < 1.29 is 19.4 Å². The van der Waals surface area contributed by atoms with Crippen LogP contribution < -0.4 is 10.6 Å². The fourth-order valence-corrected chi connectivity index (χ4v) is 4.62. The Kier molecular flexibility index (Phi) is 7.56. The van der Waals surface area contributed by atoms with Gasteiger partial charge in [-0.25, -0.2) is 0 Å². The van der Waals surface area contributed by atoms with Gasteiger partial charge in [0.25, 0.3) is 5.91 Å². The van der Waals surface area contributed by atoms with Crippen molar-refractivity contribution in [1.29, 1.82) is 0 Å². The molecule has 0 fully saturated rings. The van der Waals surface area contributed by atoms with E-state index in [4.69, 9.17) is 22.1 Å². The van der Waals surface area contributed by atoms with Gasteiger partial charge in [-0.2, -0.15) is 0 Å². The number of hydrogen-bond acceptors (Lipinski definition) is 5. The summed E-state index contributed by atoms with van der Waals surface area (Å²) in [5.74, 6) is -1.14. The van der Waals surface area contributed by atoms with Gasteiger partial charge in [-0.15, -0.1) is 0 Å². The molecule has 0 aliphatic carbocycles. The van der Waals surface area contributed by atoms with E-state index in [2.05, 4.69) is 4.90 Å². The lowest BCUT2D eigenvalue weighted by Crippen LogP contribution is -2.44. The molecular formula is C24H30ClN3O4. The van der Waals surface area contributed by atoms with Crippen LogP contribution in [0.1, 0.15) is 40.9 Å². The highest BCUT2D eigenvalue weighted by Crippen LogP contribution is 2.49. The van der Waals surface area contributed by atoms with E-state index in [0.717, 1.165) is 18.7 Å². The maximum atomic E-state index is 13.8. The summed E-state index contributed by atoms with van der Waals surface area (Å²) in [7, 11) is 1.60. The number of amides is 2. The second-order valence-corrected chi connectivity index (χ2v) is 8.22. The molecule has 2 aromatic carbocycles. The Morgan fingerprint density at radius 3 is 2.56 bits per heavy atom. The van der Waals surface area contributed by atoms with Gasteiger partial charge in [0.2, 0.25) is 5.91 Å². The molecule has 3 N–H and O–H groups in total. The maximum absolute atomic E-state index is 13.8. The summed E-state index contributed by atoms with van der Waals surface area (Å²) < 4.78 is 5.21. The van der Waals surface area contributed by atoms with E-state index in [1.54, 1.807) is 25.3 Å². The number of likely N-dealkylation sites (N-methyl/N-ethyl adjacent to an activating group) is 1. The van der Waals surface area contributed by atoms with Crippen molar-refractivity contribution in [1.82, 2.24) is 4.90 Å². The van der Waals surface area contributed by atoms with Crippen LogP contribution in [0, 0.1) is 0 Å². The third kappa shape index (κ3) is 4.26. The molecule has 2 aromatic rings. The second kappa shape index (κ2) is 10.0. The number of hydrogen-bond donors (Lipinski definition) is 2. The lowest BCUT2D eigenvalue weighted by Gasteiger charge is -2.27. The first-order valence-electron chi connectivity index (χ1n) is 10.8. The summed E-state index contributed by atoms with van der Waals surface area (Å²) in [4.78, 5) is 29.4. The molecule has 1 heterocycles. The van der Waals surface area contributed by atoms with E-state index in [9.17, 15) is 14.7 Å². The summed E-state index contributed by atoms with van der Waals surface area (Å²) in [5, 5.41) is 12.1. The van der Waals surface area contributed by atoms with E-state index in [1.165, 1.54) is 11.0 Å². The Bertz CT molecular complexity index is 1010. The molecule has 1 aliphatic heterocycles. The van der Waals surface area contributed by atoms with E-state index in [0.29, 0.717) is 37.4 Å². The number of fused-ring (bicyclic) bond motifs is 1. The number of halogens is 1. The van der Waals surface area contributed by atoms with Crippen LogP contribution in [0.2, 0.25) is 5.02 Å². The summed E-state index contributed by atoms with van der Waals surface area (Å²) in [6, 6.07) is 10.2. The van der Waals surface area contributed by atoms with E-state index in [1.807, 2.05) is 26.0 Å². The number of benzene rings is 2. The molecule has 1 aliphatic rings. The van der Waals surface area contributed by atoms with Gasteiger partial charge in [0, 0.05) is 36.9 Å². The van der Waals surface area contributed by atoms with Crippen molar-refractivity contribution in [2.75, 3.05) is 44.8 Å². The van der Waals surface area contributed by atoms with E-state index >= 15 is 0 Å². The number of rotatable bonds is 10. The normalized spacial score (nSPS) is 17.8. The standard InChI is InChI=1S/C24H30ClN3O4/c1-4-27(5-2)11-12-28-20-15-17(22(26)29)14-19(25)21(20)24(31,23(28)30)18-9-7-6-8-16(18)10-13-32-3/h6-9,14-15,31H,4-5,10-13H2,1-3H3,(H2,26,29). The van der Waals surface area contributed by atoms with Crippen LogP contribution in [0.4, 0.5) is 5.69 Å². The Labute approximate surface area is 193 Å². The summed E-state index contributed by atoms with van der Waals surface area (Å²) in [5.41, 5.74) is 5.64. The number of nitrogens with zero attached hydrogens (tertiary/aromatic N) is 2. The van der Waals surface area contributed by atoms with Crippen molar-refractivity contribution >= 4 is 29.1 Å². The molecule has 0 saturated carbocycles. The van der Waals surface area contributed by atoms with Gasteiger partial charge < -0.3 is 25.4 Å². The average Bonchev–Trinajstić information content (AvgIpc) is 3.01. The first-order valence-corrected chi connectivity index (χ1v) is 11.1. The summed E-state index contributed by atoms with van der Waals surface area (Å²) in [6.45, 7) is 7.15. The minimum Gasteiger partial charge on any atom is -0.384 e. The largest absolute Gasteiger partial charge is 0.384 e. The molecule has 8 heteroatoms. The monoisotopic (exact) mass is 459 g/mol. The van der Waals surface area contributed by atoms with Crippen molar-refractivity contribution in [2.24, 2.45) is 5.73 Å². The molecule has 172 valence electrons. The van der Waals surface area contributed by atoms with Crippen molar-refractivity contribution in [2.45, 2.75) is 25.9 Å². The smallest absolute Gasteiger partial charge is 0.268 e. The molecule has 7 nitrogen and oxygen atoms in total. The molecule has 3 rings (SSSR count). The van der Waals surface area contributed by atoms with Crippen LogP contribution >= 0.6 is 11.6 Å². The summed E-state index contributed by atoms with van der Waals surface area (Å²) >= 11 is 6.58. The molecule has 0 saturated heterocycles. The molecule has 1 atom stereocenters. The van der Waals surface area contributed by atoms with Crippen molar-refractivity contribution in [3.63, 3.8) is 0 Å². The highest BCUT2D eigenvalue weighted by atomic mass is 35.5. The zero-order chi connectivity index (χ0) is 23.5. The second-order valence-electron chi connectivity index (χ2n) is 7.81. The number of aliphatic hydroxyl groups is 1. The van der Waals surface area contributed by atoms with Crippen molar-refractivity contribution in [3.8, 4) is 0 Å². The zero-order valence-corrected chi connectivity index (χ0v) is 19.5. The van der Waals surface area contributed by atoms with Gasteiger partial charge in [-0.3, -0.25) is 9.59 Å². The minimum absolute atomic E-state index is 0.124. The van der Waals surface area contributed by atoms with Gasteiger partial charge in [0.15, 0.2) is 5.60 Å². The highest BCUT2D eigenvalue weighted by molar-refractivity contribution is 6.33. The van der Waals surface area contributed by atoms with Crippen LogP contribution in [0.15, 0.2) is 36.4 Å². The Morgan fingerprint density at radius 2 is 1.94 bits per heavy atom. The van der Waals surface area contributed by atoms with Gasteiger partial charge in [0.05, 0.1) is 17.3 Å². The fourth-order valence-electron chi connectivity index (χ4n) is 4.27. The number of nitrogens with two attached hydrogens (primary N) is 1. The van der Waals surface area contributed by atoms with Gasteiger partial charge in [0.1, 0.15) is 0 Å². The van der Waals surface area contributed by atoms with Gasteiger partial charge >= 0.3 is 0 Å². The highest BCUT2D eigenvalue weighted by Gasteiger charge is 2.53. The van der Waals surface area contributed by atoms with Crippen LogP contribution in [0.25, 0.3) is 0 Å². The van der Waals surface area contributed by atoms with Crippen LogP contribution in [0.3, 0.4) is 0 Å². The number of primary amides is 1. The van der Waals surface area contributed by atoms with Crippen molar-refractivity contribution in [3.05, 3.63) is 63.7 Å².